The molecule has 2 aliphatic heterocycles. The van der Waals surface area contributed by atoms with E-state index in [-0.39, 0.29) is 24.7 Å². The molecular weight excluding hydrogens is 280 g/mol. The largest absolute Gasteiger partial charge is 0.481 e. The second-order valence-corrected chi connectivity index (χ2v) is 6.94. The lowest BCUT2D eigenvalue weighted by Crippen LogP contribution is -2.56. The van der Waals surface area contributed by atoms with Crippen molar-refractivity contribution in [3.63, 3.8) is 0 Å². The number of rotatable bonds is 2. The van der Waals surface area contributed by atoms with Gasteiger partial charge in [-0.1, -0.05) is 6.92 Å². The first-order valence-corrected chi connectivity index (χ1v) is 7.94. The molecule has 20 heavy (non-hydrogen) atoms. The summed E-state index contributed by atoms with van der Waals surface area (Å²) in [6, 6.07) is -0.308. The topological polar surface area (TPSA) is 70.1 Å². The first kappa shape index (κ1) is 15.4. The average molecular weight is 302 g/mol. The maximum atomic E-state index is 12.6. The summed E-state index contributed by atoms with van der Waals surface area (Å²) in [5.41, 5.74) is 0. The van der Waals surface area contributed by atoms with Gasteiger partial charge in [-0.25, -0.2) is 4.79 Å². The number of ether oxygens (including phenoxy) is 1. The number of thioether (sulfide) groups is 1. The quantitative estimate of drug-likeness (QED) is 0.823. The lowest BCUT2D eigenvalue weighted by molar-refractivity contribution is -0.142. The van der Waals surface area contributed by atoms with E-state index in [1.807, 2.05) is 23.6 Å². The van der Waals surface area contributed by atoms with E-state index < -0.39 is 11.9 Å². The second-order valence-electron chi connectivity index (χ2n) is 5.45. The third-order valence-electron chi connectivity index (χ3n) is 4.30. The summed E-state index contributed by atoms with van der Waals surface area (Å²) >= 11 is 1.87. The smallest absolute Gasteiger partial charge is 0.320 e. The van der Waals surface area contributed by atoms with Gasteiger partial charge in [0.1, 0.15) is 5.92 Å². The summed E-state index contributed by atoms with van der Waals surface area (Å²) in [7, 11) is 1.68. The lowest BCUT2D eigenvalue weighted by atomic mass is 10.0. The maximum absolute atomic E-state index is 12.6. The van der Waals surface area contributed by atoms with Crippen LogP contribution in [0.4, 0.5) is 4.79 Å². The van der Waals surface area contributed by atoms with Crippen LogP contribution in [0, 0.1) is 5.92 Å². The Labute approximate surface area is 123 Å². The molecular formula is C13H22N2O4S. The third kappa shape index (κ3) is 2.88. The molecule has 6 nitrogen and oxygen atoms in total. The molecule has 0 spiro atoms. The summed E-state index contributed by atoms with van der Waals surface area (Å²) in [5.74, 6) is -0.604. The zero-order valence-corrected chi connectivity index (χ0v) is 12.9. The number of carboxylic acid groups (broad SMARTS) is 1. The summed E-state index contributed by atoms with van der Waals surface area (Å²) in [4.78, 5) is 27.2. The highest BCUT2D eigenvalue weighted by Crippen LogP contribution is 2.27. The first-order chi connectivity index (χ1) is 9.43. The molecule has 0 aromatic carbocycles. The number of urea groups is 1. The van der Waals surface area contributed by atoms with Gasteiger partial charge in [-0.05, 0) is 6.92 Å². The molecule has 4 unspecified atom stereocenters. The number of nitrogens with zero attached hydrogens (tertiary/aromatic N) is 2. The van der Waals surface area contributed by atoms with Gasteiger partial charge in [-0.2, -0.15) is 11.8 Å². The first-order valence-electron chi connectivity index (χ1n) is 6.89. The van der Waals surface area contributed by atoms with Crippen molar-refractivity contribution in [2.45, 2.75) is 31.2 Å². The van der Waals surface area contributed by atoms with Crippen LogP contribution in [0.1, 0.15) is 13.8 Å². The van der Waals surface area contributed by atoms with E-state index in [2.05, 4.69) is 6.92 Å². The van der Waals surface area contributed by atoms with E-state index >= 15 is 0 Å². The van der Waals surface area contributed by atoms with Gasteiger partial charge in [0.25, 0.3) is 0 Å². The molecule has 0 aromatic heterocycles. The highest BCUT2D eigenvalue weighted by atomic mass is 32.2. The van der Waals surface area contributed by atoms with Gasteiger partial charge in [0, 0.05) is 30.6 Å². The Bertz CT molecular complexity index is 393. The minimum absolute atomic E-state index is 0.0913. The zero-order chi connectivity index (χ0) is 14.9. The Kier molecular flexibility index (Phi) is 4.80. The van der Waals surface area contributed by atoms with E-state index in [0.29, 0.717) is 18.4 Å². The number of hydrogen-bond donors (Lipinski definition) is 1. The van der Waals surface area contributed by atoms with Crippen LogP contribution in [0.15, 0.2) is 0 Å². The molecule has 0 aromatic rings. The van der Waals surface area contributed by atoms with Gasteiger partial charge in [0.05, 0.1) is 19.3 Å². The van der Waals surface area contributed by atoms with Crippen molar-refractivity contribution < 1.29 is 19.4 Å². The predicted octanol–water partition coefficient (Wildman–Crippen LogP) is 0.964. The van der Waals surface area contributed by atoms with Crippen LogP contribution in [0.3, 0.4) is 0 Å². The minimum atomic E-state index is -0.900. The minimum Gasteiger partial charge on any atom is -0.481 e. The van der Waals surface area contributed by atoms with Crippen molar-refractivity contribution in [3.05, 3.63) is 0 Å². The average Bonchev–Trinajstić information content (AvgIpc) is 2.89. The highest BCUT2D eigenvalue weighted by molar-refractivity contribution is 8.00. The Balaban J connectivity index is 2.06. The van der Waals surface area contributed by atoms with Crippen molar-refractivity contribution >= 4 is 23.8 Å². The van der Waals surface area contributed by atoms with Gasteiger partial charge in [0.15, 0.2) is 0 Å². The highest BCUT2D eigenvalue weighted by Gasteiger charge is 2.41. The van der Waals surface area contributed by atoms with Crippen LogP contribution in [-0.2, 0) is 9.53 Å². The number of carbonyl (C=O) groups is 2. The number of carbonyl (C=O) groups excluding carboxylic acids is 1. The van der Waals surface area contributed by atoms with E-state index in [9.17, 15) is 14.7 Å². The Hall–Kier alpha value is -0.950. The van der Waals surface area contributed by atoms with Gasteiger partial charge in [-0.3, -0.25) is 4.79 Å². The summed E-state index contributed by atoms with van der Waals surface area (Å²) in [6.07, 6.45) is 0. The number of likely N-dealkylation sites (N-methyl/N-ethyl adjacent to an activating group) is 1. The molecule has 2 saturated heterocycles. The van der Waals surface area contributed by atoms with Crippen molar-refractivity contribution in [3.8, 4) is 0 Å². The molecule has 0 saturated carbocycles. The van der Waals surface area contributed by atoms with Crippen LogP contribution in [0.25, 0.3) is 0 Å². The molecule has 1 N–H and O–H groups in total. The second kappa shape index (κ2) is 6.22. The van der Waals surface area contributed by atoms with E-state index in [1.54, 1.807) is 11.9 Å². The van der Waals surface area contributed by atoms with Gasteiger partial charge in [0.2, 0.25) is 0 Å². The van der Waals surface area contributed by atoms with Crippen LogP contribution in [0.2, 0.25) is 0 Å². The molecule has 114 valence electrons. The van der Waals surface area contributed by atoms with E-state index in [4.69, 9.17) is 4.74 Å². The SMILES string of the molecule is CC1SCCN(C(=O)N(C)C2COCC2C(=O)O)C1C. The fourth-order valence-electron chi connectivity index (χ4n) is 2.71. The molecule has 2 heterocycles. The number of hydrogen-bond acceptors (Lipinski definition) is 4. The fraction of sp³-hybridized carbons (Fsp3) is 0.846. The zero-order valence-electron chi connectivity index (χ0n) is 12.1. The van der Waals surface area contributed by atoms with Crippen molar-refractivity contribution in [1.29, 1.82) is 0 Å². The monoisotopic (exact) mass is 302 g/mol. The normalized spacial score (nSPS) is 34.0. The Morgan fingerprint density at radius 1 is 1.35 bits per heavy atom. The number of aliphatic carboxylic acids is 1. The standard InChI is InChI=1S/C13H22N2O4S/c1-8-9(2)20-5-4-15(8)13(18)14(3)11-7-19-6-10(11)12(16)17/h8-11H,4-7H2,1-3H3,(H,16,17). The number of amides is 2. The van der Waals surface area contributed by atoms with Crippen molar-refractivity contribution in [2.24, 2.45) is 5.92 Å². The van der Waals surface area contributed by atoms with Crippen molar-refractivity contribution in [1.82, 2.24) is 9.80 Å². The van der Waals surface area contributed by atoms with Crippen molar-refractivity contribution in [2.75, 3.05) is 32.6 Å². The maximum Gasteiger partial charge on any atom is 0.320 e. The van der Waals surface area contributed by atoms with E-state index in [0.717, 1.165) is 5.75 Å². The molecule has 7 heteroatoms. The third-order valence-corrected chi connectivity index (χ3v) is 5.63. The van der Waals surface area contributed by atoms with Crippen LogP contribution < -0.4 is 0 Å². The molecule has 2 amide bonds. The molecule has 0 aliphatic carbocycles. The van der Waals surface area contributed by atoms with Gasteiger partial charge < -0.3 is 19.6 Å². The van der Waals surface area contributed by atoms with Crippen LogP contribution in [0.5, 0.6) is 0 Å². The molecule has 4 atom stereocenters. The molecule has 2 aliphatic rings. The summed E-state index contributed by atoms with van der Waals surface area (Å²) in [6.45, 7) is 5.35. The summed E-state index contributed by atoms with van der Waals surface area (Å²) < 4.78 is 5.24. The molecule has 0 bridgehead atoms. The Morgan fingerprint density at radius 2 is 2.05 bits per heavy atom. The van der Waals surface area contributed by atoms with Crippen LogP contribution >= 0.6 is 11.8 Å². The number of carboxylic acids is 1. The lowest BCUT2D eigenvalue weighted by Gasteiger charge is -2.41. The van der Waals surface area contributed by atoms with E-state index in [1.165, 1.54) is 0 Å². The summed E-state index contributed by atoms with van der Waals surface area (Å²) in [5, 5.41) is 9.58. The fourth-order valence-corrected chi connectivity index (χ4v) is 3.81. The molecule has 2 rings (SSSR count). The Morgan fingerprint density at radius 3 is 2.70 bits per heavy atom. The predicted molar refractivity (Wildman–Crippen MR) is 77.0 cm³/mol. The van der Waals surface area contributed by atoms with Gasteiger partial charge >= 0.3 is 12.0 Å². The van der Waals surface area contributed by atoms with Crippen LogP contribution in [-0.4, -0.2) is 76.8 Å². The van der Waals surface area contributed by atoms with Gasteiger partial charge in [-0.15, -0.1) is 0 Å². The molecule has 2 fully saturated rings. The molecule has 0 radical (unpaired) electrons.